The first-order valence-corrected chi connectivity index (χ1v) is 7.55. The maximum absolute atomic E-state index is 12.6. The summed E-state index contributed by atoms with van der Waals surface area (Å²) in [6, 6.07) is 4.88. The van der Waals surface area contributed by atoms with Gasteiger partial charge in [0.15, 0.2) is 0 Å². The number of thioether (sulfide) groups is 1. The molecule has 1 heterocycles. The lowest BCUT2D eigenvalue weighted by Gasteiger charge is -2.33. The van der Waals surface area contributed by atoms with Gasteiger partial charge in [-0.05, 0) is 19.1 Å². The summed E-state index contributed by atoms with van der Waals surface area (Å²) in [5.41, 5.74) is 0.367. The number of nitro benzene ring substituents is 1. The SMILES string of the molecule is CNc1cccc(C(=O)N2CCSCC2C)c1[N+](=O)[O-]. The Morgan fingerprint density at radius 3 is 2.90 bits per heavy atom. The van der Waals surface area contributed by atoms with Crippen LogP contribution in [0.15, 0.2) is 18.2 Å². The van der Waals surface area contributed by atoms with Crippen LogP contribution in [0, 0.1) is 10.1 Å². The van der Waals surface area contributed by atoms with Crippen LogP contribution in [0.25, 0.3) is 0 Å². The Bertz CT molecular complexity index is 536. The largest absolute Gasteiger partial charge is 0.383 e. The van der Waals surface area contributed by atoms with E-state index in [1.54, 1.807) is 35.8 Å². The van der Waals surface area contributed by atoms with Crippen molar-refractivity contribution < 1.29 is 9.72 Å². The highest BCUT2D eigenvalue weighted by atomic mass is 32.2. The number of benzene rings is 1. The molecule has 1 aliphatic rings. The van der Waals surface area contributed by atoms with Gasteiger partial charge in [0.25, 0.3) is 5.91 Å². The lowest BCUT2D eigenvalue weighted by atomic mass is 10.1. The second kappa shape index (κ2) is 6.13. The lowest BCUT2D eigenvalue weighted by Crippen LogP contribution is -2.44. The summed E-state index contributed by atoms with van der Waals surface area (Å²) in [4.78, 5) is 25.1. The molecule has 108 valence electrons. The molecule has 1 N–H and O–H groups in total. The van der Waals surface area contributed by atoms with Crippen LogP contribution in [0.2, 0.25) is 0 Å². The van der Waals surface area contributed by atoms with Crippen molar-refractivity contribution >= 4 is 29.0 Å². The first-order chi connectivity index (χ1) is 9.56. The van der Waals surface area contributed by atoms with E-state index in [2.05, 4.69) is 5.32 Å². The van der Waals surface area contributed by atoms with Crippen molar-refractivity contribution in [2.75, 3.05) is 30.4 Å². The fourth-order valence-corrected chi connectivity index (χ4v) is 3.31. The summed E-state index contributed by atoms with van der Waals surface area (Å²) in [6.45, 7) is 2.60. The van der Waals surface area contributed by atoms with Crippen molar-refractivity contribution in [3.63, 3.8) is 0 Å². The number of anilines is 1. The lowest BCUT2D eigenvalue weighted by molar-refractivity contribution is -0.384. The van der Waals surface area contributed by atoms with Crippen LogP contribution in [0.4, 0.5) is 11.4 Å². The van der Waals surface area contributed by atoms with E-state index in [1.807, 2.05) is 6.92 Å². The van der Waals surface area contributed by atoms with Crippen LogP contribution < -0.4 is 5.32 Å². The van der Waals surface area contributed by atoms with E-state index in [0.29, 0.717) is 12.2 Å². The average molecular weight is 295 g/mol. The quantitative estimate of drug-likeness (QED) is 0.683. The molecule has 2 rings (SSSR count). The smallest absolute Gasteiger partial charge is 0.305 e. The summed E-state index contributed by atoms with van der Waals surface area (Å²) < 4.78 is 0. The van der Waals surface area contributed by atoms with Crippen molar-refractivity contribution in [1.29, 1.82) is 0 Å². The molecule has 1 aromatic rings. The molecule has 1 aliphatic heterocycles. The molecule has 1 atom stereocenters. The van der Waals surface area contributed by atoms with Gasteiger partial charge in [0.2, 0.25) is 0 Å². The molecule has 20 heavy (non-hydrogen) atoms. The molecule has 0 radical (unpaired) electrons. The Balaban J connectivity index is 2.41. The third kappa shape index (κ3) is 2.72. The number of nitrogens with one attached hydrogen (secondary N) is 1. The molecule has 0 aromatic heterocycles. The van der Waals surface area contributed by atoms with E-state index in [-0.39, 0.29) is 23.2 Å². The van der Waals surface area contributed by atoms with Gasteiger partial charge in [-0.15, -0.1) is 0 Å². The number of carbonyl (C=O) groups is 1. The van der Waals surface area contributed by atoms with Crippen molar-refractivity contribution in [2.45, 2.75) is 13.0 Å². The Kier molecular flexibility index (Phi) is 4.49. The fraction of sp³-hybridized carbons (Fsp3) is 0.462. The zero-order chi connectivity index (χ0) is 14.7. The molecule has 1 unspecified atom stereocenters. The molecule has 1 saturated heterocycles. The Morgan fingerprint density at radius 2 is 2.30 bits per heavy atom. The Hall–Kier alpha value is -1.76. The van der Waals surface area contributed by atoms with Gasteiger partial charge in [-0.2, -0.15) is 11.8 Å². The maximum Gasteiger partial charge on any atom is 0.305 e. The molecule has 1 aromatic carbocycles. The molecular formula is C13H17N3O3S. The highest BCUT2D eigenvalue weighted by Gasteiger charge is 2.31. The maximum atomic E-state index is 12.6. The minimum absolute atomic E-state index is 0.0964. The Labute approximate surface area is 121 Å². The third-order valence-electron chi connectivity index (χ3n) is 3.35. The normalized spacial score (nSPS) is 18.7. The minimum atomic E-state index is -0.498. The van der Waals surface area contributed by atoms with Crippen LogP contribution in [0.1, 0.15) is 17.3 Å². The highest BCUT2D eigenvalue weighted by molar-refractivity contribution is 7.99. The molecule has 1 fully saturated rings. The van der Waals surface area contributed by atoms with E-state index in [1.165, 1.54) is 6.07 Å². The number of carbonyl (C=O) groups excluding carboxylic acids is 1. The summed E-state index contributed by atoms with van der Waals surface area (Å²) in [5, 5.41) is 14.0. The topological polar surface area (TPSA) is 75.5 Å². The second-order valence-electron chi connectivity index (χ2n) is 4.63. The second-order valence-corrected chi connectivity index (χ2v) is 5.78. The number of nitro groups is 1. The summed E-state index contributed by atoms with van der Waals surface area (Å²) in [6.07, 6.45) is 0. The van der Waals surface area contributed by atoms with E-state index >= 15 is 0 Å². The molecule has 6 nitrogen and oxygen atoms in total. The molecule has 0 bridgehead atoms. The van der Waals surface area contributed by atoms with Gasteiger partial charge in [-0.3, -0.25) is 14.9 Å². The molecular weight excluding hydrogens is 278 g/mol. The van der Waals surface area contributed by atoms with Crippen molar-refractivity contribution in [2.24, 2.45) is 0 Å². The van der Waals surface area contributed by atoms with Crippen LogP contribution in [0.3, 0.4) is 0 Å². The van der Waals surface area contributed by atoms with Gasteiger partial charge >= 0.3 is 5.69 Å². The van der Waals surface area contributed by atoms with Gasteiger partial charge in [0.1, 0.15) is 11.3 Å². The van der Waals surface area contributed by atoms with Crippen molar-refractivity contribution in [3.8, 4) is 0 Å². The molecule has 7 heteroatoms. The van der Waals surface area contributed by atoms with E-state index in [0.717, 1.165) is 11.5 Å². The zero-order valence-electron chi connectivity index (χ0n) is 11.5. The van der Waals surface area contributed by atoms with Crippen LogP contribution in [-0.4, -0.2) is 46.9 Å². The summed E-state index contributed by atoms with van der Waals surface area (Å²) in [7, 11) is 1.61. The number of rotatable bonds is 3. The van der Waals surface area contributed by atoms with Gasteiger partial charge in [0.05, 0.1) is 4.92 Å². The first kappa shape index (κ1) is 14.6. The van der Waals surface area contributed by atoms with E-state index in [4.69, 9.17) is 0 Å². The summed E-state index contributed by atoms with van der Waals surface area (Å²) in [5.74, 6) is 1.47. The predicted molar refractivity (Wildman–Crippen MR) is 80.5 cm³/mol. The number of hydrogen-bond donors (Lipinski definition) is 1. The summed E-state index contributed by atoms with van der Waals surface area (Å²) >= 11 is 1.80. The van der Waals surface area contributed by atoms with E-state index < -0.39 is 4.92 Å². The number of amides is 1. The zero-order valence-corrected chi connectivity index (χ0v) is 12.3. The van der Waals surface area contributed by atoms with Crippen molar-refractivity contribution in [3.05, 3.63) is 33.9 Å². The number of para-hydroxylation sites is 1. The van der Waals surface area contributed by atoms with Gasteiger partial charge in [-0.25, -0.2) is 0 Å². The molecule has 0 saturated carbocycles. The monoisotopic (exact) mass is 295 g/mol. The molecule has 1 amide bonds. The van der Waals surface area contributed by atoms with Crippen molar-refractivity contribution in [1.82, 2.24) is 4.90 Å². The third-order valence-corrected chi connectivity index (χ3v) is 4.54. The van der Waals surface area contributed by atoms with Crippen LogP contribution in [0.5, 0.6) is 0 Å². The van der Waals surface area contributed by atoms with Crippen LogP contribution >= 0.6 is 11.8 Å². The van der Waals surface area contributed by atoms with E-state index in [9.17, 15) is 14.9 Å². The first-order valence-electron chi connectivity index (χ1n) is 6.40. The van der Waals surface area contributed by atoms with Gasteiger partial charge in [-0.1, -0.05) is 6.07 Å². The number of hydrogen-bond acceptors (Lipinski definition) is 5. The van der Waals surface area contributed by atoms with Crippen LogP contribution in [-0.2, 0) is 0 Å². The average Bonchev–Trinajstić information content (AvgIpc) is 2.46. The molecule has 0 spiro atoms. The minimum Gasteiger partial charge on any atom is -0.383 e. The Morgan fingerprint density at radius 1 is 1.55 bits per heavy atom. The standard InChI is InChI=1S/C13H17N3O3S/c1-9-8-20-7-6-15(9)13(17)10-4-3-5-11(14-2)12(10)16(18)19/h3-5,9,14H,6-8H2,1-2H3. The predicted octanol–water partition coefficient (Wildman–Crippen LogP) is 2.21. The molecule has 0 aliphatic carbocycles. The fourth-order valence-electron chi connectivity index (χ4n) is 2.30. The van der Waals surface area contributed by atoms with Gasteiger partial charge in [0, 0.05) is 31.1 Å². The number of nitrogens with zero attached hydrogens (tertiary/aromatic N) is 2. The van der Waals surface area contributed by atoms with Gasteiger partial charge < -0.3 is 10.2 Å². The highest BCUT2D eigenvalue weighted by Crippen LogP contribution is 2.30.